The highest BCUT2D eigenvalue weighted by Crippen LogP contribution is 2.62. The fraction of sp³-hybridized carbons (Fsp3) is 0.389. The highest BCUT2D eigenvalue weighted by molar-refractivity contribution is 5.75. The molecular formula is C18H10F15N2O2+. The molecule has 37 heavy (non-hydrogen) atoms. The summed E-state index contributed by atoms with van der Waals surface area (Å²) in [5.74, 6) is -53.3. The third-order valence-electron chi connectivity index (χ3n) is 4.29. The topological polar surface area (TPSA) is 68.4 Å². The summed E-state index contributed by atoms with van der Waals surface area (Å²) in [4.78, 5) is 15.9. The highest BCUT2D eigenvalue weighted by atomic mass is 19.4. The number of alkyl halides is 15. The minimum absolute atomic E-state index is 1.10. The third kappa shape index (κ3) is 5.25. The maximum absolute atomic E-state index is 12.8. The van der Waals surface area contributed by atoms with Gasteiger partial charge in [-0.1, -0.05) is 0 Å². The van der Waals surface area contributed by atoms with Crippen molar-refractivity contribution in [3.63, 3.8) is 0 Å². The summed E-state index contributed by atoms with van der Waals surface area (Å²) >= 11 is 0. The Morgan fingerprint density at radius 3 is 1.14 bits per heavy atom. The number of carbonyl (C=O) groups excluding carboxylic acids is 1. The zero-order valence-corrected chi connectivity index (χ0v) is 17.1. The van der Waals surface area contributed by atoms with Crippen LogP contribution >= 0.6 is 0 Å². The van der Waals surface area contributed by atoms with Crippen LogP contribution in [0.1, 0.15) is 0 Å². The van der Waals surface area contributed by atoms with Gasteiger partial charge in [-0.05, 0) is 12.1 Å². The van der Waals surface area contributed by atoms with E-state index in [1.807, 2.05) is 48.8 Å². The molecule has 208 valence electrons. The number of hydrogen-bond donors (Lipinski definition) is 0. The molecule has 0 amide bonds. The van der Waals surface area contributed by atoms with Gasteiger partial charge in [-0.15, -0.1) is 0 Å². The van der Waals surface area contributed by atoms with Crippen LogP contribution in [0.2, 0.25) is 0 Å². The summed E-state index contributed by atoms with van der Waals surface area (Å²) < 4.78 is 186. The number of H-pyrrole nitrogens is 2. The molecular weight excluding hydrogens is 561 g/mol. The Morgan fingerprint density at radius 2 is 0.865 bits per heavy atom. The predicted molar refractivity (Wildman–Crippen MR) is 85.7 cm³/mol. The lowest BCUT2D eigenvalue weighted by Gasteiger charge is -2.41. The molecule has 0 bridgehead atoms. The van der Waals surface area contributed by atoms with Gasteiger partial charge < -0.3 is 9.90 Å². The summed E-state index contributed by atoms with van der Waals surface area (Å²) in [5.41, 5.74) is 2.19. The molecule has 0 radical (unpaired) electrons. The number of aromatic nitrogens is 2. The van der Waals surface area contributed by atoms with Crippen LogP contribution in [0.5, 0.6) is 0 Å². The summed E-state index contributed by atoms with van der Waals surface area (Å²) in [7, 11) is 0. The fourth-order valence-corrected chi connectivity index (χ4v) is 2.22. The van der Waals surface area contributed by atoms with Gasteiger partial charge in [0.25, 0.3) is 11.4 Å². The highest BCUT2D eigenvalue weighted by Gasteiger charge is 2.93. The number of carboxylic acid groups (broad SMARTS) is 1. The van der Waals surface area contributed by atoms with E-state index in [2.05, 4.69) is 9.97 Å². The van der Waals surface area contributed by atoms with E-state index in [1.54, 1.807) is 0 Å². The van der Waals surface area contributed by atoms with Gasteiger partial charge in [0.15, 0.2) is 12.4 Å². The molecule has 19 heteroatoms. The molecule has 0 aliphatic rings. The summed E-state index contributed by atoms with van der Waals surface area (Å²) in [5, 5.41) is 9.61. The van der Waals surface area contributed by atoms with Crippen molar-refractivity contribution in [2.24, 2.45) is 0 Å². The average Bonchev–Trinajstić information content (AvgIpc) is 2.79. The molecule has 0 aliphatic carbocycles. The monoisotopic (exact) mass is 571 g/mol. The van der Waals surface area contributed by atoms with Crippen LogP contribution in [-0.4, -0.2) is 47.7 Å². The maximum atomic E-state index is 12.8. The van der Waals surface area contributed by atoms with Crippen molar-refractivity contribution in [1.29, 1.82) is 0 Å². The molecule has 0 atom stereocenters. The predicted octanol–water partition coefficient (Wildman–Crippen LogP) is 4.09. The minimum Gasteiger partial charge on any atom is -0.544 e. The second kappa shape index (κ2) is 9.88. The minimum atomic E-state index is -8.50. The van der Waals surface area contributed by atoms with Gasteiger partial charge in [0, 0.05) is 24.3 Å². The molecule has 2 N–H and O–H groups in total. The zero-order chi connectivity index (χ0) is 29.3. The smallest absolute Gasteiger partial charge is 0.460 e. The second-order valence-corrected chi connectivity index (χ2v) is 6.78. The first-order valence-electron chi connectivity index (χ1n) is 8.90. The number of pyridine rings is 2. The average molecular weight is 571 g/mol. The van der Waals surface area contributed by atoms with Crippen LogP contribution in [-0.2, 0) is 4.79 Å². The van der Waals surface area contributed by atoms with Crippen LogP contribution in [0, 0.1) is 0 Å². The summed E-state index contributed by atoms with van der Waals surface area (Å²) in [6, 6.07) is 12.0. The zero-order valence-electron chi connectivity index (χ0n) is 17.1. The van der Waals surface area contributed by atoms with Crippen LogP contribution in [0.4, 0.5) is 65.9 Å². The number of hydrogen-bond acceptors (Lipinski definition) is 2. The van der Waals surface area contributed by atoms with E-state index in [0.717, 1.165) is 11.4 Å². The molecule has 0 unspecified atom stereocenters. The van der Waals surface area contributed by atoms with E-state index in [4.69, 9.17) is 0 Å². The molecule has 0 saturated carbocycles. The number of halogens is 15. The van der Waals surface area contributed by atoms with Crippen molar-refractivity contribution in [3.05, 3.63) is 48.8 Å². The quantitative estimate of drug-likeness (QED) is 0.471. The largest absolute Gasteiger partial charge is 0.544 e. The van der Waals surface area contributed by atoms with Crippen LogP contribution in [0.15, 0.2) is 48.8 Å². The molecule has 2 aromatic rings. The molecule has 2 heterocycles. The first-order chi connectivity index (χ1) is 16.4. The van der Waals surface area contributed by atoms with E-state index >= 15 is 0 Å². The van der Waals surface area contributed by atoms with Crippen molar-refractivity contribution < 1.29 is 85.7 Å². The van der Waals surface area contributed by atoms with E-state index in [-0.39, 0.29) is 0 Å². The standard InChI is InChI=1S/C10H8N2.C8HF15O2/c1-3-7-11-9(5-1)10-6-2-4-8-12-10;9-2(10,1(24)25)3(11,12)4(13,14)5(15,16)6(17,18)7(19,20)8(21,22)23/h1-8H;(H,24,25)/p+1. The Kier molecular flexibility index (Phi) is 8.48. The number of aliphatic carboxylic acids is 1. The molecule has 2 rings (SSSR count). The number of nitrogens with one attached hydrogen (secondary N) is 2. The van der Waals surface area contributed by atoms with E-state index < -0.39 is 47.7 Å². The van der Waals surface area contributed by atoms with Gasteiger partial charge in [0.05, 0.1) is 0 Å². The molecule has 0 saturated heterocycles. The summed E-state index contributed by atoms with van der Waals surface area (Å²) in [6.45, 7) is 0. The van der Waals surface area contributed by atoms with Crippen molar-refractivity contribution in [1.82, 2.24) is 0 Å². The second-order valence-electron chi connectivity index (χ2n) is 6.78. The van der Waals surface area contributed by atoms with Gasteiger partial charge in [0.1, 0.15) is 5.97 Å². The van der Waals surface area contributed by atoms with Gasteiger partial charge >= 0.3 is 41.7 Å². The molecule has 0 spiro atoms. The van der Waals surface area contributed by atoms with E-state index in [0.29, 0.717) is 0 Å². The SMILES string of the molecule is O=C([O-])C(F)(F)C(F)(F)C(F)(F)C(F)(F)C(F)(F)C(F)(F)C(F)(F)F.c1ccc(-c2cccc[nH+]2)[nH+]c1. The lowest BCUT2D eigenvalue weighted by molar-refractivity contribution is -0.454. The van der Waals surface area contributed by atoms with Gasteiger partial charge in [0.2, 0.25) is 0 Å². The molecule has 0 fully saturated rings. The van der Waals surface area contributed by atoms with Crippen LogP contribution < -0.4 is 15.1 Å². The Balaban J connectivity index is 0.000000466. The number of carbonyl (C=O) groups is 1. The lowest BCUT2D eigenvalue weighted by atomic mass is 9.91. The van der Waals surface area contributed by atoms with Gasteiger partial charge in [-0.3, -0.25) is 0 Å². The molecule has 2 aromatic heterocycles. The number of rotatable bonds is 7. The van der Waals surface area contributed by atoms with Crippen LogP contribution in [0.3, 0.4) is 0 Å². The third-order valence-corrected chi connectivity index (χ3v) is 4.29. The van der Waals surface area contributed by atoms with Crippen molar-refractivity contribution >= 4 is 5.97 Å². The molecule has 0 aromatic carbocycles. The number of aromatic amines is 2. The van der Waals surface area contributed by atoms with Crippen molar-refractivity contribution in [3.8, 4) is 11.4 Å². The Hall–Kier alpha value is -3.28. The normalized spacial score (nSPS) is 14.0. The Labute approximate surface area is 194 Å². The van der Waals surface area contributed by atoms with Gasteiger partial charge in [-0.2, -0.15) is 65.9 Å². The number of carboxylic acids is 1. The Morgan fingerprint density at radius 1 is 0.541 bits per heavy atom. The van der Waals surface area contributed by atoms with Crippen LogP contribution in [0.25, 0.3) is 11.4 Å². The lowest BCUT2D eigenvalue weighted by Crippen LogP contribution is -2.74. The molecule has 0 aliphatic heterocycles. The maximum Gasteiger partial charge on any atom is 0.460 e. The fourth-order valence-electron chi connectivity index (χ4n) is 2.22. The van der Waals surface area contributed by atoms with E-state index in [9.17, 15) is 75.8 Å². The first-order valence-corrected chi connectivity index (χ1v) is 8.90. The van der Waals surface area contributed by atoms with Gasteiger partial charge in [-0.25, -0.2) is 9.97 Å². The van der Waals surface area contributed by atoms with Crippen molar-refractivity contribution in [2.45, 2.75) is 41.7 Å². The van der Waals surface area contributed by atoms with Crippen molar-refractivity contribution in [2.75, 3.05) is 0 Å². The summed E-state index contributed by atoms with van der Waals surface area (Å²) in [6.07, 6.45) is -3.88. The molecule has 4 nitrogen and oxygen atoms in total. The first kappa shape index (κ1) is 31.7. The van der Waals surface area contributed by atoms with E-state index in [1.165, 1.54) is 0 Å². The Bertz CT molecular complexity index is 1020.